The van der Waals surface area contributed by atoms with Crippen LogP contribution in [0.3, 0.4) is 0 Å². The summed E-state index contributed by atoms with van der Waals surface area (Å²) in [6, 6.07) is 19.5. The molecular formula is C27H41NO2. The number of benzene rings is 2. The van der Waals surface area contributed by atoms with Gasteiger partial charge in [0.25, 0.3) is 0 Å². The molecule has 0 heterocycles. The lowest BCUT2D eigenvalue weighted by molar-refractivity contribution is 0.0595. The third-order valence-corrected chi connectivity index (χ3v) is 5.46. The van der Waals surface area contributed by atoms with Crippen LogP contribution in [0.4, 0.5) is 0 Å². The lowest BCUT2D eigenvalue weighted by atomic mass is 9.72. The Balaban J connectivity index is 1.76. The van der Waals surface area contributed by atoms with Crippen molar-refractivity contribution in [1.82, 2.24) is 4.90 Å². The average Bonchev–Trinajstić information content (AvgIpc) is 2.66. The molecule has 0 amide bonds. The summed E-state index contributed by atoms with van der Waals surface area (Å²) in [6.07, 6.45) is 2.13. The fraction of sp³-hybridized carbons (Fsp3) is 0.556. The second-order valence-corrected chi connectivity index (χ2v) is 10.4. The SMILES string of the molecule is CN(C)C(COCCOc1ccc(C(C)(C)CC(C)(C)C)cc1)Cc1ccccc1. The van der Waals surface area contributed by atoms with Crippen LogP contribution in [0.2, 0.25) is 0 Å². The Bertz CT molecular complexity index is 730. The average molecular weight is 412 g/mol. The van der Waals surface area contributed by atoms with Gasteiger partial charge in [-0.2, -0.15) is 0 Å². The maximum absolute atomic E-state index is 5.92. The molecule has 2 rings (SSSR count). The van der Waals surface area contributed by atoms with Crippen LogP contribution in [0.1, 0.15) is 52.2 Å². The van der Waals surface area contributed by atoms with E-state index in [9.17, 15) is 0 Å². The van der Waals surface area contributed by atoms with Gasteiger partial charge in [-0.15, -0.1) is 0 Å². The molecule has 0 aliphatic rings. The number of hydrogen-bond acceptors (Lipinski definition) is 3. The van der Waals surface area contributed by atoms with Crippen LogP contribution in [-0.2, 0) is 16.6 Å². The van der Waals surface area contributed by atoms with Gasteiger partial charge >= 0.3 is 0 Å². The first-order valence-corrected chi connectivity index (χ1v) is 11.1. The molecule has 0 saturated carbocycles. The molecule has 0 fully saturated rings. The standard InChI is InChI=1S/C27H41NO2/c1-26(2,3)21-27(4,5)23-13-15-25(16-14-23)30-18-17-29-20-24(28(6)7)19-22-11-9-8-10-12-22/h8-16,24H,17-21H2,1-7H3. The van der Waals surface area contributed by atoms with Crippen molar-refractivity contribution in [2.45, 2.75) is 58.9 Å². The Morgan fingerprint density at radius 2 is 1.47 bits per heavy atom. The fourth-order valence-corrected chi connectivity index (χ4v) is 4.14. The van der Waals surface area contributed by atoms with Gasteiger partial charge in [-0.1, -0.05) is 77.1 Å². The molecule has 166 valence electrons. The Morgan fingerprint density at radius 1 is 0.833 bits per heavy atom. The third kappa shape index (κ3) is 8.49. The first kappa shape index (κ1) is 24.4. The summed E-state index contributed by atoms with van der Waals surface area (Å²) in [4.78, 5) is 2.23. The molecule has 3 nitrogen and oxygen atoms in total. The van der Waals surface area contributed by atoms with E-state index in [0.717, 1.165) is 18.6 Å². The summed E-state index contributed by atoms with van der Waals surface area (Å²) < 4.78 is 11.8. The Kier molecular flexibility index (Phi) is 8.93. The zero-order chi connectivity index (χ0) is 22.2. The summed E-state index contributed by atoms with van der Waals surface area (Å²) in [7, 11) is 4.21. The van der Waals surface area contributed by atoms with Gasteiger partial charge in [-0.05, 0) is 61.0 Å². The molecule has 0 aliphatic heterocycles. The molecule has 0 radical (unpaired) electrons. The predicted molar refractivity (Wildman–Crippen MR) is 127 cm³/mol. The molecule has 1 unspecified atom stereocenters. The maximum atomic E-state index is 5.92. The Labute approximate surface area is 184 Å². The molecule has 0 saturated heterocycles. The van der Waals surface area contributed by atoms with Gasteiger partial charge in [-0.3, -0.25) is 0 Å². The molecule has 3 heteroatoms. The van der Waals surface area contributed by atoms with Crippen LogP contribution in [0, 0.1) is 5.41 Å². The Hall–Kier alpha value is -1.84. The molecule has 0 aromatic heterocycles. The highest BCUT2D eigenvalue weighted by Gasteiger charge is 2.27. The van der Waals surface area contributed by atoms with Gasteiger partial charge in [0.1, 0.15) is 12.4 Å². The summed E-state index contributed by atoms with van der Waals surface area (Å²) in [5, 5.41) is 0. The fourth-order valence-electron chi connectivity index (χ4n) is 4.14. The monoisotopic (exact) mass is 411 g/mol. The van der Waals surface area contributed by atoms with Crippen LogP contribution in [0.25, 0.3) is 0 Å². The highest BCUT2D eigenvalue weighted by Crippen LogP contribution is 2.36. The first-order valence-electron chi connectivity index (χ1n) is 11.1. The number of likely N-dealkylation sites (N-methyl/N-ethyl adjacent to an activating group) is 1. The van der Waals surface area contributed by atoms with Gasteiger partial charge < -0.3 is 14.4 Å². The number of rotatable bonds is 11. The largest absolute Gasteiger partial charge is 0.491 e. The molecule has 0 N–H and O–H groups in total. The van der Waals surface area contributed by atoms with Crippen molar-refractivity contribution in [3.8, 4) is 5.75 Å². The van der Waals surface area contributed by atoms with Crippen LogP contribution in [0.15, 0.2) is 54.6 Å². The van der Waals surface area contributed by atoms with Gasteiger partial charge in [0.2, 0.25) is 0 Å². The summed E-state index contributed by atoms with van der Waals surface area (Å²) >= 11 is 0. The van der Waals surface area contributed by atoms with E-state index in [1.54, 1.807) is 0 Å². The van der Waals surface area contributed by atoms with E-state index in [0.29, 0.717) is 31.3 Å². The van der Waals surface area contributed by atoms with E-state index in [1.165, 1.54) is 11.1 Å². The van der Waals surface area contributed by atoms with Crippen molar-refractivity contribution in [2.75, 3.05) is 33.9 Å². The normalized spacial score (nSPS) is 13.5. The van der Waals surface area contributed by atoms with Crippen molar-refractivity contribution in [3.63, 3.8) is 0 Å². The summed E-state index contributed by atoms with van der Waals surface area (Å²) in [5.74, 6) is 0.905. The van der Waals surface area contributed by atoms with Gasteiger partial charge in [-0.25, -0.2) is 0 Å². The van der Waals surface area contributed by atoms with E-state index >= 15 is 0 Å². The second kappa shape index (κ2) is 11.0. The lowest BCUT2D eigenvalue weighted by Crippen LogP contribution is -2.35. The molecule has 0 aliphatic carbocycles. The van der Waals surface area contributed by atoms with Gasteiger partial charge in [0.05, 0.1) is 13.2 Å². The highest BCUT2D eigenvalue weighted by atomic mass is 16.5. The van der Waals surface area contributed by atoms with Crippen molar-refractivity contribution < 1.29 is 9.47 Å². The Morgan fingerprint density at radius 3 is 2.03 bits per heavy atom. The van der Waals surface area contributed by atoms with Crippen molar-refractivity contribution in [2.24, 2.45) is 5.41 Å². The quantitative estimate of drug-likeness (QED) is 0.425. The summed E-state index contributed by atoms with van der Waals surface area (Å²) in [6.45, 7) is 13.4. The lowest BCUT2D eigenvalue weighted by Gasteiger charge is -2.33. The molecule has 0 bridgehead atoms. The highest BCUT2D eigenvalue weighted by molar-refractivity contribution is 5.31. The molecular weight excluding hydrogens is 370 g/mol. The predicted octanol–water partition coefficient (Wildman–Crippen LogP) is 5.97. The van der Waals surface area contributed by atoms with Crippen LogP contribution >= 0.6 is 0 Å². The van der Waals surface area contributed by atoms with Gasteiger partial charge in [0.15, 0.2) is 0 Å². The van der Waals surface area contributed by atoms with E-state index < -0.39 is 0 Å². The minimum absolute atomic E-state index is 0.153. The number of nitrogens with zero attached hydrogens (tertiary/aromatic N) is 1. The van der Waals surface area contributed by atoms with E-state index in [2.05, 4.69) is 108 Å². The topological polar surface area (TPSA) is 21.7 Å². The first-order chi connectivity index (χ1) is 14.1. The van der Waals surface area contributed by atoms with Crippen LogP contribution in [0.5, 0.6) is 5.75 Å². The van der Waals surface area contributed by atoms with Crippen LogP contribution in [-0.4, -0.2) is 44.9 Å². The molecule has 30 heavy (non-hydrogen) atoms. The van der Waals surface area contributed by atoms with E-state index in [4.69, 9.17) is 9.47 Å². The smallest absolute Gasteiger partial charge is 0.119 e. The van der Waals surface area contributed by atoms with Crippen molar-refractivity contribution in [1.29, 1.82) is 0 Å². The third-order valence-electron chi connectivity index (χ3n) is 5.46. The molecule has 1 atom stereocenters. The van der Waals surface area contributed by atoms with Crippen molar-refractivity contribution >= 4 is 0 Å². The van der Waals surface area contributed by atoms with Crippen LogP contribution < -0.4 is 4.74 Å². The minimum Gasteiger partial charge on any atom is -0.491 e. The summed E-state index contributed by atoms with van der Waals surface area (Å²) in [5.41, 5.74) is 3.15. The van der Waals surface area contributed by atoms with E-state index in [1.807, 2.05) is 0 Å². The van der Waals surface area contributed by atoms with Gasteiger partial charge in [0, 0.05) is 6.04 Å². The zero-order valence-corrected chi connectivity index (χ0v) is 20.1. The maximum Gasteiger partial charge on any atom is 0.119 e. The molecule has 2 aromatic carbocycles. The number of ether oxygens (including phenoxy) is 2. The molecule has 2 aromatic rings. The minimum atomic E-state index is 0.153. The van der Waals surface area contributed by atoms with Crippen molar-refractivity contribution in [3.05, 3.63) is 65.7 Å². The number of hydrogen-bond donors (Lipinski definition) is 0. The zero-order valence-electron chi connectivity index (χ0n) is 20.1. The second-order valence-electron chi connectivity index (χ2n) is 10.4. The molecule has 0 spiro atoms. The van der Waals surface area contributed by atoms with E-state index in [-0.39, 0.29) is 5.41 Å².